The van der Waals surface area contributed by atoms with E-state index >= 15 is 0 Å². The lowest BCUT2D eigenvalue weighted by Crippen LogP contribution is -2.52. The molecule has 0 radical (unpaired) electrons. The van der Waals surface area contributed by atoms with Gasteiger partial charge in [0.2, 0.25) is 11.8 Å². The Morgan fingerprint density at radius 3 is 2.27 bits per heavy atom. The predicted octanol–water partition coefficient (Wildman–Crippen LogP) is 5.63. The number of benzene rings is 3. The second-order valence-corrected chi connectivity index (χ2v) is 12.6. The zero-order valence-corrected chi connectivity index (χ0v) is 24.7. The van der Waals surface area contributed by atoms with Crippen molar-refractivity contribution in [2.45, 2.75) is 70.0 Å². The molecule has 1 aliphatic carbocycles. The third-order valence-electron chi connectivity index (χ3n) is 7.59. The molecule has 0 heterocycles. The Morgan fingerprint density at radius 1 is 0.950 bits per heavy atom. The van der Waals surface area contributed by atoms with Crippen LogP contribution in [0.25, 0.3) is 0 Å². The van der Waals surface area contributed by atoms with Gasteiger partial charge in [-0.05, 0) is 74.6 Å². The molecule has 3 aromatic carbocycles. The zero-order valence-electron chi connectivity index (χ0n) is 23.1. The standard InChI is InChI=1S/C31H36ClN3O4S/c1-22-12-7-8-13-25(22)20-34(24(3)31(37)33-26-14-9-10-15-26)30(36)21-35(29-19-11-18-28(32)23(29)2)40(38,39)27-16-5-4-6-17-27/h4-8,11-13,16-19,24,26H,9-10,14-15,20-21H2,1-3H3,(H,33,37)/t24-/m1/s1. The second kappa shape index (κ2) is 12.9. The van der Waals surface area contributed by atoms with Crippen LogP contribution in [0.15, 0.2) is 77.7 Å². The number of aryl methyl sites for hydroxylation is 1. The van der Waals surface area contributed by atoms with Gasteiger partial charge in [-0.1, -0.05) is 73.0 Å². The maximum absolute atomic E-state index is 14.1. The van der Waals surface area contributed by atoms with E-state index in [1.165, 1.54) is 17.0 Å². The number of carbonyl (C=O) groups is 2. The molecule has 1 N–H and O–H groups in total. The van der Waals surface area contributed by atoms with E-state index in [2.05, 4.69) is 5.32 Å². The van der Waals surface area contributed by atoms with E-state index < -0.39 is 28.5 Å². The van der Waals surface area contributed by atoms with Gasteiger partial charge in [0.25, 0.3) is 10.0 Å². The second-order valence-electron chi connectivity index (χ2n) is 10.3. The highest BCUT2D eigenvalue weighted by Crippen LogP contribution is 2.31. The van der Waals surface area contributed by atoms with E-state index in [1.807, 2.05) is 31.2 Å². The average molecular weight is 582 g/mol. The Hall–Kier alpha value is -3.36. The third kappa shape index (κ3) is 6.67. The molecule has 0 aliphatic heterocycles. The fourth-order valence-corrected chi connectivity index (χ4v) is 6.71. The lowest BCUT2D eigenvalue weighted by molar-refractivity contribution is -0.139. The van der Waals surface area contributed by atoms with Crippen molar-refractivity contribution in [2.24, 2.45) is 0 Å². The molecule has 1 saturated carbocycles. The van der Waals surface area contributed by atoms with Crippen LogP contribution in [0.2, 0.25) is 5.02 Å². The topological polar surface area (TPSA) is 86.8 Å². The number of hydrogen-bond acceptors (Lipinski definition) is 4. The molecule has 2 amide bonds. The number of carbonyl (C=O) groups excluding carboxylic acids is 2. The van der Waals surface area contributed by atoms with Crippen molar-refractivity contribution in [1.82, 2.24) is 10.2 Å². The lowest BCUT2D eigenvalue weighted by atomic mass is 10.1. The number of rotatable bonds is 10. The van der Waals surface area contributed by atoms with Crippen LogP contribution in [0.5, 0.6) is 0 Å². The molecule has 212 valence electrons. The Labute approximate surface area is 242 Å². The van der Waals surface area contributed by atoms with E-state index in [0.717, 1.165) is 41.1 Å². The van der Waals surface area contributed by atoms with Crippen molar-refractivity contribution in [3.05, 3.63) is 94.5 Å². The van der Waals surface area contributed by atoms with Gasteiger partial charge in [-0.2, -0.15) is 0 Å². The van der Waals surface area contributed by atoms with E-state index in [-0.39, 0.29) is 23.4 Å². The zero-order chi connectivity index (χ0) is 28.9. The van der Waals surface area contributed by atoms with E-state index in [9.17, 15) is 18.0 Å². The maximum atomic E-state index is 14.1. The predicted molar refractivity (Wildman–Crippen MR) is 159 cm³/mol. The Balaban J connectivity index is 1.72. The van der Waals surface area contributed by atoms with Gasteiger partial charge in [-0.15, -0.1) is 0 Å². The summed E-state index contributed by atoms with van der Waals surface area (Å²) >= 11 is 6.38. The summed E-state index contributed by atoms with van der Waals surface area (Å²) in [6.07, 6.45) is 3.97. The van der Waals surface area contributed by atoms with Gasteiger partial charge in [0.1, 0.15) is 12.6 Å². The summed E-state index contributed by atoms with van der Waals surface area (Å²) in [7, 11) is -4.14. The summed E-state index contributed by atoms with van der Waals surface area (Å²) < 4.78 is 29.0. The van der Waals surface area contributed by atoms with E-state index in [1.54, 1.807) is 50.2 Å². The molecule has 0 unspecified atom stereocenters. The molecule has 9 heteroatoms. The summed E-state index contributed by atoms with van der Waals surface area (Å²) in [4.78, 5) is 29.0. The van der Waals surface area contributed by atoms with Gasteiger partial charge in [0.15, 0.2) is 0 Å². The number of nitrogens with one attached hydrogen (secondary N) is 1. The molecular weight excluding hydrogens is 546 g/mol. The van der Waals surface area contributed by atoms with Crippen LogP contribution >= 0.6 is 11.6 Å². The van der Waals surface area contributed by atoms with Crippen LogP contribution in [-0.2, 0) is 26.2 Å². The first-order chi connectivity index (χ1) is 19.1. The van der Waals surface area contributed by atoms with Crippen LogP contribution in [0.4, 0.5) is 5.69 Å². The van der Waals surface area contributed by atoms with Crippen molar-refractivity contribution < 1.29 is 18.0 Å². The SMILES string of the molecule is Cc1ccccc1CN(C(=O)CN(c1cccc(Cl)c1C)S(=O)(=O)c1ccccc1)[C@H](C)C(=O)NC1CCCC1. The highest BCUT2D eigenvalue weighted by Gasteiger charge is 2.34. The number of sulfonamides is 1. The summed E-state index contributed by atoms with van der Waals surface area (Å²) in [5.74, 6) is -0.735. The first kappa shape index (κ1) is 29.6. The van der Waals surface area contributed by atoms with Crippen molar-refractivity contribution in [2.75, 3.05) is 10.8 Å². The summed E-state index contributed by atoms with van der Waals surface area (Å²) in [6, 6.07) is 19.9. The Morgan fingerprint density at radius 2 is 1.60 bits per heavy atom. The van der Waals surface area contributed by atoms with Crippen molar-refractivity contribution in [3.63, 3.8) is 0 Å². The van der Waals surface area contributed by atoms with Crippen LogP contribution in [0.3, 0.4) is 0 Å². The molecule has 0 saturated heterocycles. The molecule has 4 rings (SSSR count). The van der Waals surface area contributed by atoms with Crippen molar-refractivity contribution >= 4 is 39.1 Å². The van der Waals surface area contributed by atoms with Crippen LogP contribution in [0.1, 0.15) is 49.3 Å². The fraction of sp³-hybridized carbons (Fsp3) is 0.355. The number of hydrogen-bond donors (Lipinski definition) is 1. The quantitative estimate of drug-likeness (QED) is 0.336. The Bertz CT molecular complexity index is 1460. The van der Waals surface area contributed by atoms with Gasteiger partial charge < -0.3 is 10.2 Å². The smallest absolute Gasteiger partial charge is 0.264 e. The summed E-state index contributed by atoms with van der Waals surface area (Å²) in [5.41, 5.74) is 2.70. The van der Waals surface area contributed by atoms with Crippen LogP contribution < -0.4 is 9.62 Å². The Kier molecular flexibility index (Phi) is 9.53. The molecule has 1 aliphatic rings. The number of halogens is 1. The molecule has 1 fully saturated rings. The first-order valence-electron chi connectivity index (χ1n) is 13.6. The molecule has 40 heavy (non-hydrogen) atoms. The van der Waals surface area contributed by atoms with E-state index in [0.29, 0.717) is 16.3 Å². The monoisotopic (exact) mass is 581 g/mol. The largest absolute Gasteiger partial charge is 0.352 e. The minimum Gasteiger partial charge on any atom is -0.352 e. The molecule has 3 aromatic rings. The summed E-state index contributed by atoms with van der Waals surface area (Å²) in [6.45, 7) is 5.03. The van der Waals surface area contributed by atoms with Crippen LogP contribution in [0, 0.1) is 13.8 Å². The first-order valence-corrected chi connectivity index (χ1v) is 15.4. The van der Waals surface area contributed by atoms with E-state index in [4.69, 9.17) is 11.6 Å². The van der Waals surface area contributed by atoms with Crippen molar-refractivity contribution in [1.29, 1.82) is 0 Å². The van der Waals surface area contributed by atoms with Gasteiger partial charge in [0, 0.05) is 17.6 Å². The molecule has 0 spiro atoms. The lowest BCUT2D eigenvalue weighted by Gasteiger charge is -2.33. The molecule has 0 aromatic heterocycles. The summed E-state index contributed by atoms with van der Waals surface area (Å²) in [5, 5.41) is 3.48. The average Bonchev–Trinajstić information content (AvgIpc) is 3.46. The number of nitrogens with zero attached hydrogens (tertiary/aromatic N) is 2. The van der Waals surface area contributed by atoms with Gasteiger partial charge in [-0.25, -0.2) is 8.42 Å². The molecule has 1 atom stereocenters. The van der Waals surface area contributed by atoms with Crippen LogP contribution in [-0.4, -0.2) is 43.8 Å². The van der Waals surface area contributed by atoms with Gasteiger partial charge in [-0.3, -0.25) is 13.9 Å². The minimum absolute atomic E-state index is 0.0552. The highest BCUT2D eigenvalue weighted by atomic mass is 35.5. The van der Waals surface area contributed by atoms with Gasteiger partial charge >= 0.3 is 0 Å². The van der Waals surface area contributed by atoms with Gasteiger partial charge in [0.05, 0.1) is 10.6 Å². The number of anilines is 1. The molecular formula is C31H36ClN3O4S. The molecule has 7 nitrogen and oxygen atoms in total. The van der Waals surface area contributed by atoms with Crippen molar-refractivity contribution in [3.8, 4) is 0 Å². The fourth-order valence-electron chi connectivity index (χ4n) is 5.04. The third-order valence-corrected chi connectivity index (χ3v) is 9.77. The normalized spacial score (nSPS) is 14.5. The minimum atomic E-state index is -4.14. The number of amides is 2. The maximum Gasteiger partial charge on any atom is 0.264 e. The molecule has 0 bridgehead atoms. The highest BCUT2D eigenvalue weighted by molar-refractivity contribution is 7.92.